The lowest BCUT2D eigenvalue weighted by atomic mass is 9.82. The smallest absolute Gasteiger partial charge is 0.0540 e. The number of anilines is 9. The van der Waals surface area contributed by atoms with Crippen LogP contribution < -0.4 is 14.7 Å². The first kappa shape index (κ1) is 39.7. The molecule has 10 aromatic rings. The second kappa shape index (κ2) is 16.5. The summed E-state index contributed by atoms with van der Waals surface area (Å²) in [4.78, 5) is 7.25. The van der Waals surface area contributed by atoms with E-state index in [9.17, 15) is 0 Å². The fourth-order valence-electron chi connectivity index (χ4n) is 10.0. The van der Waals surface area contributed by atoms with Gasteiger partial charge in [-0.1, -0.05) is 172 Å². The first-order valence-corrected chi connectivity index (χ1v) is 22.5. The number of hydrogen-bond acceptors (Lipinski definition) is 3. The molecule has 0 radical (unpaired) electrons. The largest absolute Gasteiger partial charge is 0.310 e. The Labute approximate surface area is 382 Å². The number of aryl methyl sites for hydroxylation is 1. The maximum atomic E-state index is 2.50. The Morgan fingerprint density at radius 3 is 1.28 bits per heavy atom. The van der Waals surface area contributed by atoms with Crippen molar-refractivity contribution in [3.05, 3.63) is 259 Å². The van der Waals surface area contributed by atoms with Crippen LogP contribution in [0.15, 0.2) is 243 Å². The molecule has 0 aliphatic heterocycles. The van der Waals surface area contributed by atoms with Crippen LogP contribution in [-0.4, -0.2) is 0 Å². The van der Waals surface area contributed by atoms with E-state index in [4.69, 9.17) is 0 Å². The Hall–Kier alpha value is -8.14. The van der Waals surface area contributed by atoms with Crippen molar-refractivity contribution in [3.8, 4) is 22.3 Å². The van der Waals surface area contributed by atoms with Gasteiger partial charge in [-0.15, -0.1) is 0 Å². The van der Waals surface area contributed by atoms with E-state index in [0.29, 0.717) is 0 Å². The van der Waals surface area contributed by atoms with Gasteiger partial charge >= 0.3 is 0 Å². The molecule has 0 atom stereocenters. The number of hydrogen-bond donors (Lipinski definition) is 0. The lowest BCUT2D eigenvalue weighted by Gasteiger charge is -2.34. The predicted octanol–water partition coefficient (Wildman–Crippen LogP) is 17.5. The molecule has 0 aromatic heterocycles. The van der Waals surface area contributed by atoms with Crippen LogP contribution in [-0.2, 0) is 5.41 Å². The Morgan fingerprint density at radius 1 is 0.308 bits per heavy atom. The van der Waals surface area contributed by atoms with E-state index < -0.39 is 0 Å². The average molecular weight is 836 g/mol. The molecule has 0 fully saturated rings. The van der Waals surface area contributed by atoms with Crippen molar-refractivity contribution >= 4 is 62.0 Å². The molecule has 3 heteroatoms. The van der Waals surface area contributed by atoms with Gasteiger partial charge in [0.2, 0.25) is 0 Å². The number of fused-ring (bicyclic) bond motifs is 4. The van der Waals surface area contributed by atoms with Gasteiger partial charge in [0, 0.05) is 39.2 Å². The van der Waals surface area contributed by atoms with E-state index in [2.05, 4.69) is 278 Å². The highest BCUT2D eigenvalue weighted by molar-refractivity contribution is 6.07. The first-order chi connectivity index (χ1) is 31.9. The van der Waals surface area contributed by atoms with E-state index in [1.54, 1.807) is 0 Å². The number of para-hydroxylation sites is 4. The van der Waals surface area contributed by atoms with Crippen molar-refractivity contribution in [2.24, 2.45) is 0 Å². The number of benzene rings is 10. The normalized spacial score (nSPS) is 12.4. The highest BCUT2D eigenvalue weighted by atomic mass is 15.2. The van der Waals surface area contributed by atoms with Crippen molar-refractivity contribution in [1.29, 1.82) is 0 Å². The van der Waals surface area contributed by atoms with Crippen LogP contribution in [0, 0.1) is 6.92 Å². The van der Waals surface area contributed by atoms with Crippen LogP contribution in [0.2, 0.25) is 0 Å². The summed E-state index contributed by atoms with van der Waals surface area (Å²) in [5.74, 6) is 0. The molecule has 0 saturated heterocycles. The summed E-state index contributed by atoms with van der Waals surface area (Å²) in [5.41, 5.74) is 18.5. The van der Waals surface area contributed by atoms with Gasteiger partial charge in [0.15, 0.2) is 0 Å². The second-order valence-electron chi connectivity index (χ2n) is 17.5. The SMILES string of the molecule is Cc1cccc2c1-c1ccc(N(c3cc(N(c4ccccc4)c4ccccc4)cc(N(c4ccccc4)c4ccccc4)c3)c3ccc(-c4ccccc4)c4ccccc34)cc1C2(C)C. The van der Waals surface area contributed by atoms with Crippen molar-refractivity contribution < 1.29 is 0 Å². The fraction of sp³-hybridized carbons (Fsp3) is 0.0645. The third kappa shape index (κ3) is 7.12. The van der Waals surface area contributed by atoms with Crippen LogP contribution in [0.5, 0.6) is 0 Å². The Morgan fingerprint density at radius 2 is 0.754 bits per heavy atom. The topological polar surface area (TPSA) is 9.72 Å². The summed E-state index contributed by atoms with van der Waals surface area (Å²) in [5, 5.41) is 2.37. The summed E-state index contributed by atoms with van der Waals surface area (Å²) < 4.78 is 0. The molecule has 65 heavy (non-hydrogen) atoms. The third-order valence-corrected chi connectivity index (χ3v) is 13.1. The van der Waals surface area contributed by atoms with Crippen molar-refractivity contribution in [2.45, 2.75) is 26.2 Å². The van der Waals surface area contributed by atoms with E-state index in [-0.39, 0.29) is 5.41 Å². The van der Waals surface area contributed by atoms with Crippen LogP contribution in [0.25, 0.3) is 33.0 Å². The number of rotatable bonds is 10. The molecule has 0 saturated carbocycles. The molecule has 0 heterocycles. The molecular formula is C62H49N3. The molecule has 0 amide bonds. The lowest BCUT2D eigenvalue weighted by molar-refractivity contribution is 0.660. The van der Waals surface area contributed by atoms with Gasteiger partial charge in [0.05, 0.1) is 22.7 Å². The summed E-state index contributed by atoms with van der Waals surface area (Å²) in [6, 6.07) is 88.1. The first-order valence-electron chi connectivity index (χ1n) is 22.5. The van der Waals surface area contributed by atoms with Crippen molar-refractivity contribution in [1.82, 2.24) is 0 Å². The molecule has 0 spiro atoms. The van der Waals surface area contributed by atoms with E-state index in [0.717, 1.165) is 51.2 Å². The van der Waals surface area contributed by atoms with Gasteiger partial charge in [-0.3, -0.25) is 0 Å². The van der Waals surface area contributed by atoms with Crippen molar-refractivity contribution in [2.75, 3.05) is 14.7 Å². The summed E-state index contributed by atoms with van der Waals surface area (Å²) in [6.45, 7) is 7.00. The standard InChI is InChI=1S/C62H49N3/c1-44-22-21-35-58-61(44)57-37-36-50(43-59(57)62(58,2)3)65(60-39-38-54(45-23-9-4-10-24-45)55-33-19-20-34-56(55)60)53-41-51(63(46-25-11-5-12-26-46)47-27-13-6-14-28-47)40-52(42-53)64(48-29-15-7-16-30-48)49-31-17-8-18-32-49/h4-43H,1-3H3. The molecule has 1 aliphatic rings. The van der Waals surface area contributed by atoms with Gasteiger partial charge in [0.25, 0.3) is 0 Å². The van der Waals surface area contributed by atoms with Crippen LogP contribution in [0.4, 0.5) is 51.2 Å². The van der Waals surface area contributed by atoms with Gasteiger partial charge < -0.3 is 14.7 Å². The molecular weight excluding hydrogens is 787 g/mol. The Balaban J connectivity index is 1.23. The summed E-state index contributed by atoms with van der Waals surface area (Å²) >= 11 is 0. The zero-order valence-electron chi connectivity index (χ0n) is 36.9. The second-order valence-corrected chi connectivity index (χ2v) is 17.5. The lowest BCUT2D eigenvalue weighted by Crippen LogP contribution is -2.18. The molecule has 3 nitrogen and oxygen atoms in total. The van der Waals surface area contributed by atoms with Gasteiger partial charge in [-0.25, -0.2) is 0 Å². The maximum Gasteiger partial charge on any atom is 0.0540 e. The quantitative estimate of drug-likeness (QED) is 0.136. The molecule has 10 aromatic carbocycles. The monoisotopic (exact) mass is 835 g/mol. The highest BCUT2D eigenvalue weighted by Crippen LogP contribution is 2.53. The van der Waals surface area contributed by atoms with Gasteiger partial charge in [0.1, 0.15) is 0 Å². The zero-order valence-corrected chi connectivity index (χ0v) is 36.9. The van der Waals surface area contributed by atoms with Crippen LogP contribution in [0.1, 0.15) is 30.5 Å². The molecule has 0 bridgehead atoms. The average Bonchev–Trinajstić information content (AvgIpc) is 3.59. The van der Waals surface area contributed by atoms with Gasteiger partial charge in [-0.2, -0.15) is 0 Å². The highest BCUT2D eigenvalue weighted by Gasteiger charge is 2.37. The molecule has 11 rings (SSSR count). The molecule has 312 valence electrons. The summed E-state index contributed by atoms with van der Waals surface area (Å²) in [6.07, 6.45) is 0. The zero-order chi connectivity index (χ0) is 43.9. The molecule has 0 N–H and O–H groups in total. The van der Waals surface area contributed by atoms with Gasteiger partial charge in [-0.05, 0) is 136 Å². The Bertz CT molecular complexity index is 3110. The molecule has 0 unspecified atom stereocenters. The summed E-state index contributed by atoms with van der Waals surface area (Å²) in [7, 11) is 0. The third-order valence-electron chi connectivity index (χ3n) is 13.1. The van der Waals surface area contributed by atoms with E-state index >= 15 is 0 Å². The molecule has 1 aliphatic carbocycles. The maximum absolute atomic E-state index is 2.50. The minimum Gasteiger partial charge on any atom is -0.310 e. The van der Waals surface area contributed by atoms with Crippen molar-refractivity contribution in [3.63, 3.8) is 0 Å². The van der Waals surface area contributed by atoms with E-state index in [1.165, 1.54) is 49.7 Å². The van der Waals surface area contributed by atoms with Crippen LogP contribution in [0.3, 0.4) is 0 Å². The predicted molar refractivity (Wildman–Crippen MR) is 276 cm³/mol. The minimum absolute atomic E-state index is 0.195. The minimum atomic E-state index is -0.195. The van der Waals surface area contributed by atoms with E-state index in [1.807, 2.05) is 0 Å². The number of nitrogens with zero attached hydrogens (tertiary/aromatic N) is 3. The Kier molecular flexibility index (Phi) is 10.1. The fourth-order valence-corrected chi connectivity index (χ4v) is 10.0. The van der Waals surface area contributed by atoms with Crippen LogP contribution >= 0.6 is 0 Å².